The minimum atomic E-state index is 0.301. The fourth-order valence-electron chi connectivity index (χ4n) is 6.31. The van der Waals surface area contributed by atoms with Gasteiger partial charge in [0.25, 0.3) is 0 Å². The van der Waals surface area contributed by atoms with Gasteiger partial charge in [0.05, 0.1) is 5.52 Å². The highest BCUT2D eigenvalue weighted by Crippen LogP contribution is 2.37. The predicted molar refractivity (Wildman–Crippen MR) is 140 cm³/mol. The fraction of sp³-hybridized carbons (Fsp3) is 0.0323. The summed E-state index contributed by atoms with van der Waals surface area (Å²) in [4.78, 5) is 0. The van der Waals surface area contributed by atoms with Crippen molar-refractivity contribution in [3.63, 3.8) is 0 Å². The highest BCUT2D eigenvalue weighted by Gasteiger charge is 2.38. The van der Waals surface area contributed by atoms with Crippen molar-refractivity contribution in [1.29, 1.82) is 0 Å². The van der Waals surface area contributed by atoms with Crippen molar-refractivity contribution in [1.82, 2.24) is 4.57 Å². The highest BCUT2D eigenvalue weighted by atomic mass is 15.0. The molecule has 8 rings (SSSR count). The van der Waals surface area contributed by atoms with E-state index in [-0.39, 0.29) is 0 Å². The maximum Gasteiger partial charge on any atom is 0.247 e. The van der Waals surface area contributed by atoms with Crippen LogP contribution in [0.2, 0.25) is 0 Å². The molecule has 0 fully saturated rings. The minimum absolute atomic E-state index is 0.301. The van der Waals surface area contributed by atoms with Gasteiger partial charge in [-0.3, -0.25) is 0 Å². The topological polar surface area (TPSA) is 4.93 Å². The lowest BCUT2D eigenvalue weighted by Gasteiger charge is -2.33. The van der Waals surface area contributed by atoms with E-state index in [0.717, 1.165) is 6.42 Å². The van der Waals surface area contributed by atoms with Gasteiger partial charge in [-0.15, -0.1) is 0 Å². The number of para-hydroxylation sites is 1. The molecule has 152 valence electrons. The number of aromatic nitrogens is 1. The summed E-state index contributed by atoms with van der Waals surface area (Å²) < 4.78 is 2.53. The molecule has 0 saturated heterocycles. The number of hydrogen-bond acceptors (Lipinski definition) is 0. The number of benzene rings is 5. The summed E-state index contributed by atoms with van der Waals surface area (Å²) in [6, 6.07) is 40.5. The van der Waals surface area contributed by atoms with Gasteiger partial charge in [0, 0.05) is 22.0 Å². The standard InChI is InChI=1S/C31H20BN/c1-2-8-20(9-3-1)21-15-17-28-25(19-21)24-16-14-23-18-22-10-4-5-11-26(22)32-27-12-6-7-13-29(27)33(28)31(24)30(23)32/h1-17,19H,18H2. The number of hydrogen-bond donors (Lipinski definition) is 0. The van der Waals surface area contributed by atoms with E-state index in [2.05, 4.69) is 114 Å². The van der Waals surface area contributed by atoms with E-state index in [1.807, 2.05) is 0 Å². The summed E-state index contributed by atoms with van der Waals surface area (Å²) in [5.74, 6) is 0. The third-order valence-electron chi connectivity index (χ3n) is 7.69. The molecule has 1 nitrogen and oxygen atoms in total. The second kappa shape index (κ2) is 6.27. The van der Waals surface area contributed by atoms with Gasteiger partial charge in [-0.05, 0) is 57.8 Å². The van der Waals surface area contributed by atoms with Crippen molar-refractivity contribution < 1.29 is 0 Å². The summed E-state index contributed by atoms with van der Waals surface area (Å²) in [6.45, 7) is 0.301. The number of nitrogens with zero attached hydrogens (tertiary/aromatic N) is 1. The van der Waals surface area contributed by atoms with Gasteiger partial charge in [-0.1, -0.05) is 96.5 Å². The summed E-state index contributed by atoms with van der Waals surface area (Å²) in [5.41, 5.74) is 13.8. The lowest BCUT2D eigenvalue weighted by atomic mass is 9.32. The zero-order valence-corrected chi connectivity index (χ0v) is 18.1. The van der Waals surface area contributed by atoms with E-state index in [1.54, 1.807) is 0 Å². The monoisotopic (exact) mass is 417 g/mol. The smallest absolute Gasteiger partial charge is 0.247 e. The van der Waals surface area contributed by atoms with Crippen molar-refractivity contribution in [3.05, 3.63) is 120 Å². The maximum absolute atomic E-state index is 2.53. The molecule has 2 heteroatoms. The molecule has 0 saturated carbocycles. The molecule has 6 aromatic rings. The van der Waals surface area contributed by atoms with Crippen LogP contribution >= 0.6 is 0 Å². The molecule has 0 unspecified atom stereocenters. The van der Waals surface area contributed by atoms with Crippen LogP contribution in [-0.4, -0.2) is 11.3 Å². The zero-order valence-electron chi connectivity index (χ0n) is 18.1. The molecule has 33 heavy (non-hydrogen) atoms. The normalized spacial score (nSPS) is 13.3. The Morgan fingerprint density at radius 2 is 1.36 bits per heavy atom. The second-order valence-electron chi connectivity index (χ2n) is 9.34. The summed E-state index contributed by atoms with van der Waals surface area (Å²) in [5, 5.41) is 2.70. The molecule has 1 aromatic heterocycles. The highest BCUT2D eigenvalue weighted by molar-refractivity contribution is 6.98. The fourth-order valence-corrected chi connectivity index (χ4v) is 6.31. The van der Waals surface area contributed by atoms with E-state index in [9.17, 15) is 0 Å². The molecule has 0 N–H and O–H groups in total. The SMILES string of the molecule is c1ccc(-c2ccc3c(c2)c2ccc4c5c2n3-c2ccccc2B5c2ccccc2C4)cc1. The van der Waals surface area contributed by atoms with Gasteiger partial charge in [-0.2, -0.15) is 0 Å². The van der Waals surface area contributed by atoms with Gasteiger partial charge >= 0.3 is 0 Å². The van der Waals surface area contributed by atoms with Crippen LogP contribution in [0.15, 0.2) is 109 Å². The predicted octanol–water partition coefficient (Wildman–Crippen LogP) is 5.18. The Morgan fingerprint density at radius 3 is 2.27 bits per heavy atom. The quantitative estimate of drug-likeness (QED) is 0.324. The number of fused-ring (bicyclic) bond motifs is 8. The van der Waals surface area contributed by atoms with Crippen LogP contribution in [0, 0.1) is 0 Å². The van der Waals surface area contributed by atoms with Crippen LogP contribution in [-0.2, 0) is 6.42 Å². The molecule has 0 atom stereocenters. The molecule has 2 aliphatic rings. The first kappa shape index (κ1) is 17.5. The molecule has 0 aliphatic carbocycles. The molecule has 3 heterocycles. The average Bonchev–Trinajstić information content (AvgIpc) is 3.22. The maximum atomic E-state index is 2.53. The van der Waals surface area contributed by atoms with Gasteiger partial charge in [0.1, 0.15) is 0 Å². The van der Waals surface area contributed by atoms with Crippen molar-refractivity contribution in [2.24, 2.45) is 0 Å². The van der Waals surface area contributed by atoms with Crippen LogP contribution < -0.4 is 16.4 Å². The van der Waals surface area contributed by atoms with Gasteiger partial charge in [-0.25, -0.2) is 0 Å². The van der Waals surface area contributed by atoms with Crippen LogP contribution in [0.25, 0.3) is 38.6 Å². The Morgan fingerprint density at radius 1 is 0.576 bits per heavy atom. The minimum Gasteiger partial charge on any atom is -0.310 e. The first-order valence-corrected chi connectivity index (χ1v) is 11.7. The van der Waals surface area contributed by atoms with E-state index in [1.165, 1.54) is 66.1 Å². The van der Waals surface area contributed by atoms with Gasteiger partial charge in [0.15, 0.2) is 0 Å². The first-order valence-electron chi connectivity index (χ1n) is 11.7. The second-order valence-corrected chi connectivity index (χ2v) is 9.34. The van der Waals surface area contributed by atoms with Crippen LogP contribution in [0.5, 0.6) is 0 Å². The van der Waals surface area contributed by atoms with Crippen molar-refractivity contribution in [3.8, 4) is 16.8 Å². The van der Waals surface area contributed by atoms with E-state index >= 15 is 0 Å². The Bertz CT molecular complexity index is 1740. The third kappa shape index (κ3) is 2.23. The molecular formula is C31H20BN. The first-order chi connectivity index (χ1) is 16.4. The lowest BCUT2D eigenvalue weighted by Crippen LogP contribution is -2.60. The summed E-state index contributed by atoms with van der Waals surface area (Å²) in [7, 11) is 0. The Hall–Kier alpha value is -4.04. The molecular weight excluding hydrogens is 397 g/mol. The molecule has 0 bridgehead atoms. The molecule has 0 spiro atoms. The van der Waals surface area contributed by atoms with E-state index in [0.29, 0.717) is 6.71 Å². The Balaban J connectivity index is 1.53. The van der Waals surface area contributed by atoms with E-state index in [4.69, 9.17) is 0 Å². The number of rotatable bonds is 1. The zero-order chi connectivity index (χ0) is 21.5. The van der Waals surface area contributed by atoms with Gasteiger partial charge < -0.3 is 4.57 Å². The van der Waals surface area contributed by atoms with Crippen molar-refractivity contribution in [2.75, 3.05) is 0 Å². The third-order valence-corrected chi connectivity index (χ3v) is 7.69. The van der Waals surface area contributed by atoms with E-state index < -0.39 is 0 Å². The van der Waals surface area contributed by atoms with Crippen LogP contribution in [0.3, 0.4) is 0 Å². The molecule has 2 aliphatic heterocycles. The lowest BCUT2D eigenvalue weighted by molar-refractivity contribution is 1.16. The van der Waals surface area contributed by atoms with Gasteiger partial charge in [0.2, 0.25) is 6.71 Å². The summed E-state index contributed by atoms with van der Waals surface area (Å²) >= 11 is 0. The summed E-state index contributed by atoms with van der Waals surface area (Å²) in [6.07, 6.45) is 1.01. The largest absolute Gasteiger partial charge is 0.310 e. The molecule has 5 aromatic carbocycles. The Kier molecular flexibility index (Phi) is 3.33. The van der Waals surface area contributed by atoms with Crippen LogP contribution in [0.4, 0.5) is 0 Å². The van der Waals surface area contributed by atoms with Crippen molar-refractivity contribution >= 4 is 44.9 Å². The van der Waals surface area contributed by atoms with Crippen molar-refractivity contribution in [2.45, 2.75) is 6.42 Å². The Labute approximate surface area is 193 Å². The molecule has 0 amide bonds. The van der Waals surface area contributed by atoms with Crippen LogP contribution in [0.1, 0.15) is 11.1 Å². The average molecular weight is 417 g/mol. The molecule has 0 radical (unpaired) electrons.